The summed E-state index contributed by atoms with van der Waals surface area (Å²) >= 11 is 1.33. The van der Waals surface area contributed by atoms with Gasteiger partial charge in [0.1, 0.15) is 18.2 Å². The Hall–Kier alpha value is -2.87. The molecule has 0 radical (unpaired) electrons. The lowest BCUT2D eigenvalue weighted by molar-refractivity contribution is -0.113. The van der Waals surface area contributed by atoms with Gasteiger partial charge in [-0.1, -0.05) is 23.9 Å². The van der Waals surface area contributed by atoms with Gasteiger partial charge in [0.05, 0.1) is 5.75 Å². The van der Waals surface area contributed by atoms with Gasteiger partial charge in [-0.3, -0.25) is 4.79 Å². The van der Waals surface area contributed by atoms with E-state index in [9.17, 15) is 9.18 Å². The van der Waals surface area contributed by atoms with Gasteiger partial charge in [0, 0.05) is 12.2 Å². The zero-order valence-corrected chi connectivity index (χ0v) is 17.4. The van der Waals surface area contributed by atoms with Crippen LogP contribution in [-0.2, 0) is 17.9 Å². The normalized spacial score (nSPS) is 10.8. The second kappa shape index (κ2) is 9.56. The maximum absolute atomic E-state index is 13.0. The monoisotopic (exact) mass is 414 g/mol. The number of aryl methyl sites for hydroxylation is 1. The summed E-state index contributed by atoms with van der Waals surface area (Å²) in [6, 6.07) is 11.6. The van der Waals surface area contributed by atoms with Gasteiger partial charge >= 0.3 is 0 Å². The number of hydrogen-bond acceptors (Lipinski definition) is 5. The number of anilines is 1. The molecule has 3 rings (SSSR count). The van der Waals surface area contributed by atoms with Crippen molar-refractivity contribution < 1.29 is 13.9 Å². The summed E-state index contributed by atoms with van der Waals surface area (Å²) in [4.78, 5) is 12.3. The number of nitrogens with one attached hydrogen (secondary N) is 1. The molecule has 1 N–H and O–H groups in total. The van der Waals surface area contributed by atoms with Crippen LogP contribution < -0.4 is 10.1 Å². The van der Waals surface area contributed by atoms with E-state index in [2.05, 4.69) is 15.5 Å². The number of aromatic nitrogens is 3. The molecule has 0 atom stereocenters. The smallest absolute Gasteiger partial charge is 0.234 e. The molecule has 8 heteroatoms. The van der Waals surface area contributed by atoms with E-state index in [1.54, 1.807) is 12.1 Å². The molecule has 1 heterocycles. The van der Waals surface area contributed by atoms with Crippen LogP contribution in [0, 0.1) is 19.7 Å². The molecule has 0 bridgehead atoms. The summed E-state index contributed by atoms with van der Waals surface area (Å²) < 4.78 is 20.5. The minimum absolute atomic E-state index is 0.0986. The Morgan fingerprint density at radius 3 is 2.66 bits per heavy atom. The zero-order chi connectivity index (χ0) is 20.8. The van der Waals surface area contributed by atoms with E-state index >= 15 is 0 Å². The van der Waals surface area contributed by atoms with Gasteiger partial charge in [-0.2, -0.15) is 0 Å². The van der Waals surface area contributed by atoms with E-state index in [0.29, 0.717) is 23.3 Å². The van der Waals surface area contributed by atoms with Crippen LogP contribution in [0.1, 0.15) is 23.9 Å². The molecule has 1 aromatic heterocycles. The summed E-state index contributed by atoms with van der Waals surface area (Å²) in [5.41, 5.74) is 3.01. The molecular weight excluding hydrogens is 391 g/mol. The van der Waals surface area contributed by atoms with E-state index in [1.807, 2.05) is 43.5 Å². The molecule has 1 amide bonds. The number of ether oxygens (including phenoxy) is 1. The SMILES string of the molecule is CCn1c(COc2ccc(F)cc2)nnc1SCC(=O)Nc1cccc(C)c1C. The number of nitrogens with zero attached hydrogens (tertiary/aromatic N) is 3. The Morgan fingerprint density at radius 1 is 1.17 bits per heavy atom. The summed E-state index contributed by atoms with van der Waals surface area (Å²) in [5, 5.41) is 11.9. The molecule has 0 saturated carbocycles. The molecule has 0 aliphatic carbocycles. The summed E-state index contributed by atoms with van der Waals surface area (Å²) in [5.74, 6) is 1.02. The minimum Gasteiger partial charge on any atom is -0.486 e. The van der Waals surface area contributed by atoms with Crippen LogP contribution >= 0.6 is 11.8 Å². The highest BCUT2D eigenvalue weighted by Crippen LogP contribution is 2.21. The van der Waals surface area contributed by atoms with Crippen LogP contribution in [-0.4, -0.2) is 26.4 Å². The zero-order valence-electron chi connectivity index (χ0n) is 16.6. The average Bonchev–Trinajstić information content (AvgIpc) is 3.11. The first-order valence-electron chi connectivity index (χ1n) is 9.27. The maximum Gasteiger partial charge on any atom is 0.234 e. The predicted molar refractivity (Wildman–Crippen MR) is 112 cm³/mol. The van der Waals surface area contributed by atoms with Gasteiger partial charge in [-0.15, -0.1) is 10.2 Å². The van der Waals surface area contributed by atoms with Gasteiger partial charge in [-0.25, -0.2) is 4.39 Å². The molecular formula is C21H23FN4O2S. The Kier molecular flexibility index (Phi) is 6.87. The molecule has 0 unspecified atom stereocenters. The second-order valence-electron chi connectivity index (χ2n) is 6.47. The Bertz CT molecular complexity index is 989. The van der Waals surface area contributed by atoms with E-state index in [0.717, 1.165) is 16.8 Å². The highest BCUT2D eigenvalue weighted by atomic mass is 32.2. The molecule has 0 spiro atoms. The fourth-order valence-electron chi connectivity index (χ4n) is 2.73. The second-order valence-corrected chi connectivity index (χ2v) is 7.41. The van der Waals surface area contributed by atoms with Crippen molar-refractivity contribution in [1.29, 1.82) is 0 Å². The first kappa shape index (κ1) is 20.9. The molecule has 2 aromatic carbocycles. The molecule has 3 aromatic rings. The number of benzene rings is 2. The Morgan fingerprint density at radius 2 is 1.93 bits per heavy atom. The third-order valence-corrected chi connectivity index (χ3v) is 5.47. The summed E-state index contributed by atoms with van der Waals surface area (Å²) in [7, 11) is 0. The number of hydrogen-bond donors (Lipinski definition) is 1. The Balaban J connectivity index is 1.58. The highest BCUT2D eigenvalue weighted by Gasteiger charge is 2.14. The first-order valence-corrected chi connectivity index (χ1v) is 10.3. The Labute approximate surface area is 173 Å². The van der Waals surface area contributed by atoms with Gasteiger partial charge < -0.3 is 14.6 Å². The lowest BCUT2D eigenvalue weighted by atomic mass is 10.1. The lowest BCUT2D eigenvalue weighted by Crippen LogP contribution is -2.16. The lowest BCUT2D eigenvalue weighted by Gasteiger charge is -2.11. The van der Waals surface area contributed by atoms with Gasteiger partial charge in [0.15, 0.2) is 11.0 Å². The fourth-order valence-corrected chi connectivity index (χ4v) is 3.55. The van der Waals surface area contributed by atoms with Crippen LogP contribution in [0.15, 0.2) is 47.6 Å². The van der Waals surface area contributed by atoms with Crippen LogP contribution in [0.2, 0.25) is 0 Å². The van der Waals surface area contributed by atoms with E-state index in [1.165, 1.54) is 23.9 Å². The van der Waals surface area contributed by atoms with Crippen molar-refractivity contribution in [2.75, 3.05) is 11.1 Å². The van der Waals surface area contributed by atoms with Crippen molar-refractivity contribution in [2.24, 2.45) is 0 Å². The molecule has 0 aliphatic heterocycles. The van der Waals surface area contributed by atoms with Crippen LogP contribution in [0.3, 0.4) is 0 Å². The predicted octanol–water partition coefficient (Wildman–Crippen LogP) is 4.36. The summed E-state index contributed by atoms with van der Waals surface area (Å²) in [6.45, 7) is 6.83. The van der Waals surface area contributed by atoms with Crippen LogP contribution in [0.25, 0.3) is 0 Å². The van der Waals surface area contributed by atoms with E-state index in [4.69, 9.17) is 4.74 Å². The fraction of sp³-hybridized carbons (Fsp3) is 0.286. The van der Waals surface area contributed by atoms with Crippen LogP contribution in [0.4, 0.5) is 10.1 Å². The number of amides is 1. The van der Waals surface area contributed by atoms with Crippen LogP contribution in [0.5, 0.6) is 5.75 Å². The highest BCUT2D eigenvalue weighted by molar-refractivity contribution is 7.99. The molecule has 0 saturated heterocycles. The van der Waals surface area contributed by atoms with Crippen molar-refractivity contribution in [1.82, 2.24) is 14.8 Å². The molecule has 0 aliphatic rings. The van der Waals surface area contributed by atoms with Crippen molar-refractivity contribution in [3.05, 3.63) is 65.2 Å². The number of rotatable bonds is 8. The number of halogens is 1. The van der Waals surface area contributed by atoms with Crippen molar-refractivity contribution in [2.45, 2.75) is 39.1 Å². The summed E-state index contributed by atoms with van der Waals surface area (Å²) in [6.07, 6.45) is 0. The van der Waals surface area contributed by atoms with E-state index < -0.39 is 0 Å². The van der Waals surface area contributed by atoms with Crippen molar-refractivity contribution in [3.8, 4) is 5.75 Å². The largest absolute Gasteiger partial charge is 0.486 e. The van der Waals surface area contributed by atoms with Crippen molar-refractivity contribution >= 4 is 23.4 Å². The maximum atomic E-state index is 13.0. The quantitative estimate of drug-likeness (QED) is 0.555. The van der Waals surface area contributed by atoms with Crippen molar-refractivity contribution in [3.63, 3.8) is 0 Å². The van der Waals surface area contributed by atoms with Gasteiger partial charge in [0.25, 0.3) is 0 Å². The third-order valence-electron chi connectivity index (χ3n) is 4.50. The third kappa shape index (κ3) is 5.35. The molecule has 0 fully saturated rings. The number of thioether (sulfide) groups is 1. The van der Waals surface area contributed by atoms with Gasteiger partial charge in [0.2, 0.25) is 5.91 Å². The minimum atomic E-state index is -0.313. The van der Waals surface area contributed by atoms with Gasteiger partial charge in [-0.05, 0) is 62.2 Å². The molecule has 29 heavy (non-hydrogen) atoms. The molecule has 6 nitrogen and oxygen atoms in total. The first-order chi connectivity index (χ1) is 14.0. The molecule has 152 valence electrons. The standard InChI is InChI=1S/C21H23FN4O2S/c1-4-26-19(12-28-17-10-8-16(22)9-11-17)24-25-21(26)29-13-20(27)23-18-7-5-6-14(2)15(18)3/h5-11H,4,12-13H2,1-3H3,(H,23,27). The van der Waals surface area contributed by atoms with E-state index in [-0.39, 0.29) is 24.1 Å². The number of carbonyl (C=O) groups excluding carboxylic acids is 1. The number of carbonyl (C=O) groups is 1. The topological polar surface area (TPSA) is 69.0 Å². The average molecular weight is 415 g/mol.